The van der Waals surface area contributed by atoms with Crippen LogP contribution in [-0.4, -0.2) is 31.3 Å². The van der Waals surface area contributed by atoms with Gasteiger partial charge in [0.05, 0.1) is 12.2 Å². The minimum absolute atomic E-state index is 0.0104. The van der Waals surface area contributed by atoms with Crippen LogP contribution in [0.15, 0.2) is 9.59 Å². The molecule has 3 saturated carbocycles. The van der Waals surface area contributed by atoms with Crippen LogP contribution in [0.4, 0.5) is 0 Å². The lowest BCUT2D eigenvalue weighted by Crippen LogP contribution is -2.49. The van der Waals surface area contributed by atoms with Gasteiger partial charge in [-0.1, -0.05) is 13.8 Å². The highest BCUT2D eigenvalue weighted by Gasteiger charge is 2.65. The maximum Gasteiger partial charge on any atom is 0.332 e. The summed E-state index contributed by atoms with van der Waals surface area (Å²) >= 11 is 0. The number of H-pyrrole nitrogens is 1. The molecule has 25 heavy (non-hydrogen) atoms. The van der Waals surface area contributed by atoms with Gasteiger partial charge >= 0.3 is 5.69 Å². The highest BCUT2D eigenvalue weighted by molar-refractivity contribution is 5.70. The van der Waals surface area contributed by atoms with Gasteiger partial charge in [0.2, 0.25) is 0 Å². The van der Waals surface area contributed by atoms with Crippen LogP contribution in [0, 0.1) is 5.92 Å². The average Bonchev–Trinajstić information content (AvgIpc) is 3.24. The Balaban J connectivity index is 1.68. The second-order valence-electron chi connectivity index (χ2n) is 7.97. The molecule has 4 aliphatic rings. The topological polar surface area (TPSA) is 85.2 Å². The lowest BCUT2D eigenvalue weighted by molar-refractivity contribution is 0.0862. The third-order valence-electron chi connectivity index (χ3n) is 6.24. The summed E-state index contributed by atoms with van der Waals surface area (Å²) < 4.78 is 8.76. The van der Waals surface area contributed by atoms with Crippen molar-refractivity contribution >= 4 is 11.2 Å². The van der Waals surface area contributed by atoms with Crippen LogP contribution >= 0.6 is 0 Å². The molecule has 3 heterocycles. The molecule has 7 heteroatoms. The number of aromatic amines is 1. The summed E-state index contributed by atoms with van der Waals surface area (Å²) in [4.78, 5) is 33.7. The van der Waals surface area contributed by atoms with Crippen LogP contribution in [0.3, 0.4) is 0 Å². The molecule has 0 unspecified atom stereocenters. The van der Waals surface area contributed by atoms with E-state index in [1.807, 2.05) is 13.8 Å². The second-order valence-corrected chi connectivity index (χ2v) is 7.97. The van der Waals surface area contributed by atoms with Gasteiger partial charge in [-0.2, -0.15) is 0 Å². The number of rotatable bonds is 5. The normalized spacial score (nSPS) is 32.5. The zero-order valence-electron chi connectivity index (χ0n) is 14.7. The summed E-state index contributed by atoms with van der Waals surface area (Å²) in [6, 6.07) is 0. The lowest BCUT2D eigenvalue weighted by atomic mass is 9.54. The molecular weight excluding hydrogens is 320 g/mol. The van der Waals surface area contributed by atoms with Crippen molar-refractivity contribution in [3.63, 3.8) is 0 Å². The fourth-order valence-corrected chi connectivity index (χ4v) is 5.02. The number of fused-ring (bicyclic) bond motifs is 1. The fourth-order valence-electron chi connectivity index (χ4n) is 5.02. The van der Waals surface area contributed by atoms with Gasteiger partial charge in [-0.25, -0.2) is 9.78 Å². The number of hydrogen-bond acceptors (Lipinski definition) is 4. The zero-order valence-corrected chi connectivity index (χ0v) is 14.7. The summed E-state index contributed by atoms with van der Waals surface area (Å²) in [5.74, 6) is 1.52. The summed E-state index contributed by atoms with van der Waals surface area (Å²) in [6.45, 7) is 5.02. The Labute approximate surface area is 145 Å². The van der Waals surface area contributed by atoms with E-state index in [2.05, 4.69) is 4.98 Å². The first kappa shape index (κ1) is 15.4. The molecule has 2 atom stereocenters. The van der Waals surface area contributed by atoms with Crippen LogP contribution in [0.5, 0.6) is 0 Å². The van der Waals surface area contributed by atoms with Gasteiger partial charge in [0.1, 0.15) is 11.3 Å². The van der Waals surface area contributed by atoms with Crippen LogP contribution in [0.25, 0.3) is 11.2 Å². The van der Waals surface area contributed by atoms with Crippen molar-refractivity contribution in [2.45, 2.75) is 76.7 Å². The Hall–Kier alpha value is -1.89. The van der Waals surface area contributed by atoms with Crippen molar-refractivity contribution in [2.24, 2.45) is 5.92 Å². The Bertz CT molecular complexity index is 963. The van der Waals surface area contributed by atoms with E-state index in [4.69, 9.17) is 9.72 Å². The third kappa shape index (κ3) is 1.99. The van der Waals surface area contributed by atoms with E-state index in [0.717, 1.165) is 37.9 Å². The van der Waals surface area contributed by atoms with Gasteiger partial charge in [0.25, 0.3) is 5.56 Å². The number of hydrogen-bond donors (Lipinski definition) is 1. The Morgan fingerprint density at radius 2 is 1.88 bits per heavy atom. The predicted molar refractivity (Wildman–Crippen MR) is 92.9 cm³/mol. The standard InChI is InChI=1S/C18H24N4O3/c1-3-5-21-14-12(15(23)22(6-4-2)17(21)24)19-16(20-14)18-7-10(8-18)13-11(9-18)25-13/h10-11,13H,3-9H2,1-2H3,(H,19,20)/t10?,11-,13+,18?/m1/s1. The Morgan fingerprint density at radius 1 is 1.16 bits per heavy atom. The van der Waals surface area contributed by atoms with Crippen molar-refractivity contribution in [1.82, 2.24) is 19.1 Å². The number of ether oxygens (including phenoxy) is 1. The smallest absolute Gasteiger partial charge is 0.332 e. The third-order valence-corrected chi connectivity index (χ3v) is 6.24. The highest BCUT2D eigenvalue weighted by atomic mass is 16.6. The van der Waals surface area contributed by atoms with Crippen LogP contribution in [-0.2, 0) is 23.2 Å². The average molecular weight is 344 g/mol. The minimum Gasteiger partial charge on any atom is -0.369 e. The van der Waals surface area contributed by atoms with E-state index in [1.54, 1.807) is 4.57 Å². The maximum atomic E-state index is 12.8. The summed E-state index contributed by atoms with van der Waals surface area (Å²) in [5, 5.41) is 0. The molecule has 2 aromatic heterocycles. The zero-order chi connectivity index (χ0) is 17.3. The lowest BCUT2D eigenvalue weighted by Gasteiger charge is -2.49. The molecule has 0 spiro atoms. The first-order valence-electron chi connectivity index (χ1n) is 9.47. The largest absolute Gasteiger partial charge is 0.369 e. The first-order valence-corrected chi connectivity index (χ1v) is 9.47. The molecule has 1 N–H and O–H groups in total. The molecule has 1 saturated heterocycles. The molecule has 134 valence electrons. The number of imidazole rings is 1. The number of nitrogens with one attached hydrogen (secondary N) is 1. The monoisotopic (exact) mass is 344 g/mol. The van der Waals surface area contributed by atoms with Crippen LogP contribution < -0.4 is 11.2 Å². The van der Waals surface area contributed by atoms with E-state index in [-0.39, 0.29) is 16.7 Å². The second kappa shape index (κ2) is 5.06. The van der Waals surface area contributed by atoms with E-state index in [9.17, 15) is 9.59 Å². The molecular formula is C18H24N4O3. The first-order chi connectivity index (χ1) is 12.1. The molecule has 0 aromatic carbocycles. The summed E-state index contributed by atoms with van der Waals surface area (Å²) in [6.07, 6.45) is 5.55. The van der Waals surface area contributed by atoms with Crippen molar-refractivity contribution in [1.29, 1.82) is 0 Å². The quantitative estimate of drug-likeness (QED) is 0.834. The van der Waals surface area contributed by atoms with Gasteiger partial charge in [-0.15, -0.1) is 0 Å². The van der Waals surface area contributed by atoms with Gasteiger partial charge in [0, 0.05) is 18.5 Å². The van der Waals surface area contributed by atoms with Gasteiger partial charge in [-0.05, 0) is 38.0 Å². The summed E-state index contributed by atoms with van der Waals surface area (Å²) in [7, 11) is 0. The number of aryl methyl sites for hydroxylation is 1. The molecule has 0 radical (unpaired) electrons. The highest BCUT2D eigenvalue weighted by Crippen LogP contribution is 2.62. The van der Waals surface area contributed by atoms with Crippen molar-refractivity contribution in [3.8, 4) is 0 Å². The molecule has 1 aliphatic heterocycles. The predicted octanol–water partition coefficient (Wildman–Crippen LogP) is 1.53. The molecule has 0 amide bonds. The molecule has 2 aromatic rings. The van der Waals surface area contributed by atoms with Gasteiger partial charge in [-0.3, -0.25) is 13.9 Å². The van der Waals surface area contributed by atoms with Crippen LogP contribution in [0.2, 0.25) is 0 Å². The Morgan fingerprint density at radius 3 is 2.56 bits per heavy atom. The molecule has 6 rings (SSSR count). The van der Waals surface area contributed by atoms with E-state index >= 15 is 0 Å². The van der Waals surface area contributed by atoms with E-state index in [0.29, 0.717) is 42.4 Å². The van der Waals surface area contributed by atoms with Crippen molar-refractivity contribution in [2.75, 3.05) is 0 Å². The molecule has 3 aliphatic carbocycles. The van der Waals surface area contributed by atoms with Gasteiger partial charge < -0.3 is 9.72 Å². The fraction of sp³-hybridized carbons (Fsp3) is 0.722. The molecule has 4 fully saturated rings. The van der Waals surface area contributed by atoms with E-state index in [1.165, 1.54) is 4.57 Å². The van der Waals surface area contributed by atoms with Crippen LogP contribution in [0.1, 0.15) is 51.8 Å². The van der Waals surface area contributed by atoms with Crippen molar-refractivity contribution < 1.29 is 4.74 Å². The minimum atomic E-state index is -0.239. The molecule has 7 nitrogen and oxygen atoms in total. The SMILES string of the molecule is CCCn1c(=O)c2[nH]c(C34CC(C3)[C@@H]3O[C@@H]3C4)nc2n(CCC)c1=O. The Kier molecular flexibility index (Phi) is 3.11. The maximum absolute atomic E-state index is 12.8. The van der Waals surface area contributed by atoms with Crippen molar-refractivity contribution in [3.05, 3.63) is 26.7 Å². The van der Waals surface area contributed by atoms with Gasteiger partial charge in [0.15, 0.2) is 5.65 Å². The number of nitrogens with zero attached hydrogens (tertiary/aromatic N) is 3. The summed E-state index contributed by atoms with van der Waals surface area (Å²) in [5.41, 5.74) is 0.536. The molecule has 2 bridgehead atoms. The van der Waals surface area contributed by atoms with E-state index < -0.39 is 0 Å². The number of epoxide rings is 1. The number of aromatic nitrogens is 4.